The third kappa shape index (κ3) is 5.68. The van der Waals surface area contributed by atoms with Crippen LogP contribution in [0.15, 0.2) is 18.2 Å². The molecular formula is C18H24O6. The van der Waals surface area contributed by atoms with Gasteiger partial charge in [-0.25, -0.2) is 0 Å². The van der Waals surface area contributed by atoms with Gasteiger partial charge in [0, 0.05) is 5.56 Å². The van der Waals surface area contributed by atoms with E-state index in [0.29, 0.717) is 11.8 Å². The number of hydrogen-bond acceptors (Lipinski definition) is 6. The van der Waals surface area contributed by atoms with Crippen LogP contribution in [0, 0.1) is 10.8 Å². The van der Waals surface area contributed by atoms with E-state index in [2.05, 4.69) is 0 Å². The molecule has 6 nitrogen and oxygen atoms in total. The van der Waals surface area contributed by atoms with Crippen molar-refractivity contribution in [3.8, 4) is 11.5 Å². The smallest absolute Gasteiger partial charge is 0.316 e. The summed E-state index contributed by atoms with van der Waals surface area (Å²) in [5.41, 5.74) is -1.02. The monoisotopic (exact) mass is 336 g/mol. The molecule has 0 aliphatic heterocycles. The fourth-order valence-electron chi connectivity index (χ4n) is 1.41. The highest BCUT2D eigenvalue weighted by atomic mass is 16.7. The summed E-state index contributed by atoms with van der Waals surface area (Å²) >= 11 is 0. The van der Waals surface area contributed by atoms with Gasteiger partial charge in [-0.2, -0.15) is 0 Å². The summed E-state index contributed by atoms with van der Waals surface area (Å²) in [6, 6.07) is 4.40. The Labute approximate surface area is 142 Å². The van der Waals surface area contributed by atoms with Gasteiger partial charge < -0.3 is 14.2 Å². The molecule has 0 N–H and O–H groups in total. The number of ether oxygens (including phenoxy) is 3. The quantitative estimate of drug-likeness (QED) is 0.355. The molecule has 0 aliphatic carbocycles. The molecule has 0 radical (unpaired) electrons. The number of benzene rings is 1. The molecule has 1 aromatic rings. The highest BCUT2D eigenvalue weighted by molar-refractivity contribution is 5.81. The van der Waals surface area contributed by atoms with Crippen LogP contribution in [0.5, 0.6) is 11.5 Å². The summed E-state index contributed by atoms with van der Waals surface area (Å²) in [7, 11) is 0. The molecule has 0 unspecified atom stereocenters. The number of esters is 2. The van der Waals surface area contributed by atoms with Gasteiger partial charge in [-0.15, -0.1) is 0 Å². The molecule has 24 heavy (non-hydrogen) atoms. The Hall–Kier alpha value is -2.37. The Morgan fingerprint density at radius 2 is 1.54 bits per heavy atom. The minimum atomic E-state index is -0.715. The first-order valence-corrected chi connectivity index (χ1v) is 7.56. The van der Waals surface area contributed by atoms with E-state index < -0.39 is 22.8 Å². The van der Waals surface area contributed by atoms with Crippen LogP contribution in [-0.4, -0.2) is 25.0 Å². The third-order valence-electron chi connectivity index (χ3n) is 2.94. The van der Waals surface area contributed by atoms with Crippen LogP contribution in [0.25, 0.3) is 0 Å². The summed E-state index contributed by atoms with van der Waals surface area (Å²) in [5, 5.41) is 0. The van der Waals surface area contributed by atoms with Crippen molar-refractivity contribution in [1.29, 1.82) is 0 Å². The van der Waals surface area contributed by atoms with Gasteiger partial charge in [0.2, 0.25) is 6.79 Å². The Balaban J connectivity index is 2.88. The second-order valence-electron chi connectivity index (χ2n) is 7.41. The lowest BCUT2D eigenvalue weighted by molar-refractivity contribution is -0.160. The molecule has 0 atom stereocenters. The lowest BCUT2D eigenvalue weighted by Crippen LogP contribution is -2.26. The van der Waals surface area contributed by atoms with Crippen LogP contribution in [0.3, 0.4) is 0 Å². The molecule has 0 heterocycles. The van der Waals surface area contributed by atoms with Crippen LogP contribution in [0.4, 0.5) is 0 Å². The largest absolute Gasteiger partial charge is 0.453 e. The summed E-state index contributed by atoms with van der Waals surface area (Å²) in [4.78, 5) is 34.7. The lowest BCUT2D eigenvalue weighted by Gasteiger charge is -2.19. The average Bonchev–Trinajstić information content (AvgIpc) is 2.46. The first-order chi connectivity index (χ1) is 10.9. The Morgan fingerprint density at radius 1 is 0.958 bits per heavy atom. The van der Waals surface area contributed by atoms with Gasteiger partial charge in [0.15, 0.2) is 11.5 Å². The zero-order valence-corrected chi connectivity index (χ0v) is 15.0. The first-order valence-electron chi connectivity index (χ1n) is 7.56. The molecule has 1 rings (SSSR count). The van der Waals surface area contributed by atoms with Gasteiger partial charge >= 0.3 is 11.9 Å². The molecule has 0 saturated heterocycles. The predicted molar refractivity (Wildman–Crippen MR) is 88.0 cm³/mol. The molecule has 0 fully saturated rings. The van der Waals surface area contributed by atoms with Crippen LogP contribution in [-0.2, 0) is 14.3 Å². The van der Waals surface area contributed by atoms with E-state index >= 15 is 0 Å². The topological polar surface area (TPSA) is 78.9 Å². The van der Waals surface area contributed by atoms with Gasteiger partial charge in [0.1, 0.15) is 6.29 Å². The third-order valence-corrected chi connectivity index (χ3v) is 2.94. The van der Waals surface area contributed by atoms with Gasteiger partial charge in [-0.1, -0.05) is 0 Å². The van der Waals surface area contributed by atoms with Crippen molar-refractivity contribution >= 4 is 18.2 Å². The molecule has 0 spiro atoms. The minimum absolute atomic E-state index is 0.103. The van der Waals surface area contributed by atoms with Crippen molar-refractivity contribution in [2.75, 3.05) is 6.79 Å². The van der Waals surface area contributed by atoms with Crippen molar-refractivity contribution < 1.29 is 28.6 Å². The number of rotatable bonds is 5. The zero-order chi connectivity index (χ0) is 18.5. The Bertz CT molecular complexity index is 619. The highest BCUT2D eigenvalue weighted by Crippen LogP contribution is 2.30. The summed E-state index contributed by atoms with van der Waals surface area (Å²) < 4.78 is 15.7. The van der Waals surface area contributed by atoms with Gasteiger partial charge in [-0.05, 0) is 59.7 Å². The second kappa shape index (κ2) is 7.47. The summed E-state index contributed by atoms with van der Waals surface area (Å²) in [5.74, 6) is -0.575. The van der Waals surface area contributed by atoms with Crippen LogP contribution in [0.2, 0.25) is 0 Å². The van der Waals surface area contributed by atoms with Crippen LogP contribution in [0.1, 0.15) is 51.9 Å². The number of aldehydes is 1. The van der Waals surface area contributed by atoms with Crippen molar-refractivity contribution in [2.24, 2.45) is 10.8 Å². The minimum Gasteiger partial charge on any atom is -0.453 e. The molecule has 0 saturated carbocycles. The average molecular weight is 336 g/mol. The van der Waals surface area contributed by atoms with Gasteiger partial charge in [-0.3, -0.25) is 14.4 Å². The highest BCUT2D eigenvalue weighted by Gasteiger charge is 2.26. The van der Waals surface area contributed by atoms with Crippen LogP contribution < -0.4 is 9.47 Å². The SMILES string of the molecule is CC(C)(C)C(=O)OCOc1ccc(C=O)cc1OC(=O)C(C)(C)C. The van der Waals surface area contributed by atoms with Crippen molar-refractivity contribution in [3.63, 3.8) is 0 Å². The fraction of sp³-hybridized carbons (Fsp3) is 0.500. The number of carbonyl (C=O) groups excluding carboxylic acids is 3. The molecule has 1 aromatic carbocycles. The van der Waals surface area contributed by atoms with Gasteiger partial charge in [0.05, 0.1) is 10.8 Å². The van der Waals surface area contributed by atoms with E-state index in [-0.39, 0.29) is 18.3 Å². The molecule has 6 heteroatoms. The molecule has 0 aromatic heterocycles. The number of hydrogen-bond donors (Lipinski definition) is 0. The van der Waals surface area contributed by atoms with E-state index in [1.165, 1.54) is 18.2 Å². The van der Waals surface area contributed by atoms with E-state index in [0.717, 1.165) is 0 Å². The lowest BCUT2D eigenvalue weighted by atomic mass is 9.97. The first kappa shape index (κ1) is 19.7. The normalized spacial score (nSPS) is 11.6. The standard InChI is InChI=1S/C18H24O6/c1-17(2,3)15(20)23-11-22-13-8-7-12(10-19)9-14(13)24-16(21)18(4,5)6/h7-10H,11H2,1-6H3. The molecule has 132 valence electrons. The Kier molecular flexibility index (Phi) is 6.12. The van der Waals surface area contributed by atoms with Crippen LogP contribution >= 0.6 is 0 Å². The summed E-state index contributed by atoms with van der Waals surface area (Å²) in [6.07, 6.45) is 0.637. The zero-order valence-electron chi connectivity index (χ0n) is 15.0. The van der Waals surface area contributed by atoms with Gasteiger partial charge in [0.25, 0.3) is 0 Å². The predicted octanol–water partition coefficient (Wildman–Crippen LogP) is 3.38. The van der Waals surface area contributed by atoms with E-state index in [9.17, 15) is 14.4 Å². The molecule has 0 amide bonds. The van der Waals surface area contributed by atoms with E-state index in [1.807, 2.05) is 0 Å². The van der Waals surface area contributed by atoms with E-state index in [4.69, 9.17) is 14.2 Å². The summed E-state index contributed by atoms with van der Waals surface area (Å²) in [6.45, 7) is 10.00. The van der Waals surface area contributed by atoms with Crippen molar-refractivity contribution in [2.45, 2.75) is 41.5 Å². The van der Waals surface area contributed by atoms with Crippen molar-refractivity contribution in [1.82, 2.24) is 0 Å². The molecule has 0 bridgehead atoms. The number of carbonyl (C=O) groups is 3. The maximum atomic E-state index is 12.0. The second-order valence-corrected chi connectivity index (χ2v) is 7.41. The Morgan fingerprint density at radius 3 is 2.04 bits per heavy atom. The molecule has 0 aliphatic rings. The maximum Gasteiger partial charge on any atom is 0.316 e. The van der Waals surface area contributed by atoms with Crippen molar-refractivity contribution in [3.05, 3.63) is 23.8 Å². The molecular weight excluding hydrogens is 312 g/mol. The van der Waals surface area contributed by atoms with E-state index in [1.54, 1.807) is 41.5 Å². The maximum absolute atomic E-state index is 12.0. The fourth-order valence-corrected chi connectivity index (χ4v) is 1.41.